The van der Waals surface area contributed by atoms with E-state index in [0.717, 1.165) is 12.8 Å². The van der Waals surface area contributed by atoms with E-state index in [4.69, 9.17) is 18.8 Å². The Morgan fingerprint density at radius 3 is 2.52 bits per heavy atom. The number of hydrogen-bond acceptors (Lipinski definition) is 10. The third kappa shape index (κ3) is 7.36. The Kier molecular flexibility index (Phi) is 9.20. The lowest BCUT2D eigenvalue weighted by atomic mass is 9.77. The van der Waals surface area contributed by atoms with Crippen LogP contribution in [-0.2, 0) is 43.3 Å². The van der Waals surface area contributed by atoms with Crippen LogP contribution in [0, 0.1) is 0 Å². The van der Waals surface area contributed by atoms with Crippen LogP contribution in [0.5, 0.6) is 5.75 Å². The maximum absolute atomic E-state index is 13.7. The highest BCUT2D eigenvalue weighted by Crippen LogP contribution is 2.38. The average Bonchev–Trinajstić information content (AvgIpc) is 3.60. The molecular weight excluding hydrogens is 595 g/mol. The van der Waals surface area contributed by atoms with Gasteiger partial charge < -0.3 is 29.0 Å². The van der Waals surface area contributed by atoms with Gasteiger partial charge in [0.25, 0.3) is 5.91 Å². The number of carbonyl (C=O) groups excluding carboxylic acids is 4. The van der Waals surface area contributed by atoms with Gasteiger partial charge in [0.2, 0.25) is 11.8 Å². The molecule has 15 heteroatoms. The normalized spacial score (nSPS) is 20.5. The molecule has 46 heavy (non-hydrogen) atoms. The van der Waals surface area contributed by atoms with Crippen LogP contribution in [-0.4, -0.2) is 80.2 Å². The van der Waals surface area contributed by atoms with E-state index in [2.05, 4.69) is 20.9 Å². The molecule has 1 atom stereocenters. The largest absolute Gasteiger partial charge is 0.494 e. The molecule has 0 spiro atoms. The highest BCUT2D eigenvalue weighted by Gasteiger charge is 2.52. The van der Waals surface area contributed by atoms with Gasteiger partial charge in [-0.05, 0) is 85.3 Å². The third-order valence-corrected chi connectivity index (χ3v) is 8.61. The van der Waals surface area contributed by atoms with Gasteiger partial charge in [-0.3, -0.25) is 24.4 Å². The van der Waals surface area contributed by atoms with Crippen molar-refractivity contribution in [3.05, 3.63) is 35.2 Å². The first-order valence-corrected chi connectivity index (χ1v) is 15.7. The number of alkyl carbamates (subject to hydrolysis) is 1. The number of unbranched alkanes of at least 4 members (excludes halogenated alkanes) is 1. The molecule has 3 aliphatic rings. The van der Waals surface area contributed by atoms with E-state index in [1.165, 1.54) is 4.90 Å². The maximum Gasteiger partial charge on any atom is 0.494 e. The van der Waals surface area contributed by atoms with Gasteiger partial charge in [0.1, 0.15) is 29.7 Å². The number of carbonyl (C=O) groups is 4. The van der Waals surface area contributed by atoms with Gasteiger partial charge in [-0.2, -0.15) is 0 Å². The molecule has 3 aliphatic heterocycles. The van der Waals surface area contributed by atoms with Crippen molar-refractivity contribution in [2.75, 3.05) is 6.54 Å². The number of piperidine rings is 1. The summed E-state index contributed by atoms with van der Waals surface area (Å²) in [6, 6.07) is 2.79. The van der Waals surface area contributed by atoms with E-state index in [1.807, 2.05) is 54.5 Å². The third-order valence-electron chi connectivity index (χ3n) is 8.61. The SMILES string of the molecule is CC(C)(C)OC(=O)NCCCCn1cc(COc2cc(B3OC(C)(C)C(C)(C)O3)cc3c2CN(C2CCC(=O)NC2=O)C3=O)nn1. The number of benzene rings is 1. The van der Waals surface area contributed by atoms with Crippen molar-refractivity contribution < 1.29 is 38.0 Å². The standard InChI is InChI=1S/C31H43BN6O8/c1-29(2,3)44-28(42)33-12-8-9-13-37-16-20(35-36-37)18-43-24-15-19(32-45-30(4,5)31(6,7)46-32)14-21-22(24)17-38(27(21)41)23-10-11-25(39)34-26(23)40/h14-16,23H,8-13,17-18H2,1-7H3,(H,33,42)(H,34,39,40). The monoisotopic (exact) mass is 638 g/mol. The Balaban J connectivity index is 1.27. The zero-order chi connectivity index (χ0) is 33.4. The van der Waals surface area contributed by atoms with Gasteiger partial charge in [-0.1, -0.05) is 5.21 Å². The summed E-state index contributed by atoms with van der Waals surface area (Å²) in [6.07, 6.45) is 3.27. The zero-order valence-electron chi connectivity index (χ0n) is 27.6. The van der Waals surface area contributed by atoms with Crippen LogP contribution >= 0.6 is 0 Å². The fourth-order valence-electron chi connectivity index (χ4n) is 5.46. The Morgan fingerprint density at radius 2 is 1.85 bits per heavy atom. The van der Waals surface area contributed by atoms with E-state index >= 15 is 0 Å². The second kappa shape index (κ2) is 12.7. The minimum atomic E-state index is -0.759. The quantitative estimate of drug-likeness (QED) is 0.224. The predicted octanol–water partition coefficient (Wildman–Crippen LogP) is 2.22. The summed E-state index contributed by atoms with van der Waals surface area (Å²) in [7, 11) is -0.735. The van der Waals surface area contributed by atoms with Crippen LogP contribution in [0.4, 0.5) is 4.79 Å². The van der Waals surface area contributed by atoms with Crippen molar-refractivity contribution >= 4 is 36.4 Å². The van der Waals surface area contributed by atoms with Gasteiger partial charge in [0.05, 0.1) is 23.9 Å². The van der Waals surface area contributed by atoms with Crippen LogP contribution < -0.4 is 20.8 Å². The van der Waals surface area contributed by atoms with Gasteiger partial charge in [0, 0.05) is 30.6 Å². The summed E-state index contributed by atoms with van der Waals surface area (Å²) < 4.78 is 25.8. The van der Waals surface area contributed by atoms with E-state index in [1.54, 1.807) is 16.9 Å². The molecule has 248 valence electrons. The first kappa shape index (κ1) is 33.4. The number of hydrogen-bond donors (Lipinski definition) is 2. The van der Waals surface area contributed by atoms with Crippen LogP contribution in [0.25, 0.3) is 0 Å². The van der Waals surface area contributed by atoms with Gasteiger partial charge >= 0.3 is 13.2 Å². The zero-order valence-corrected chi connectivity index (χ0v) is 27.6. The first-order chi connectivity index (χ1) is 21.5. The molecule has 1 aromatic heterocycles. The Morgan fingerprint density at radius 1 is 1.13 bits per heavy atom. The molecule has 4 heterocycles. The molecule has 0 radical (unpaired) electrons. The van der Waals surface area contributed by atoms with E-state index in [0.29, 0.717) is 41.1 Å². The fourth-order valence-corrected chi connectivity index (χ4v) is 5.46. The molecule has 5 rings (SSSR count). The van der Waals surface area contributed by atoms with Gasteiger partial charge in [-0.15, -0.1) is 5.10 Å². The number of rotatable bonds is 10. The number of nitrogens with one attached hydrogen (secondary N) is 2. The van der Waals surface area contributed by atoms with Crippen molar-refractivity contribution in [2.45, 2.75) is 117 Å². The minimum Gasteiger partial charge on any atom is -0.487 e. The molecule has 0 bridgehead atoms. The molecule has 0 saturated carbocycles. The number of fused-ring (bicyclic) bond motifs is 1. The minimum absolute atomic E-state index is 0.0894. The van der Waals surface area contributed by atoms with Crippen molar-refractivity contribution in [3.8, 4) is 5.75 Å². The van der Waals surface area contributed by atoms with Gasteiger partial charge in [-0.25, -0.2) is 4.79 Å². The summed E-state index contributed by atoms with van der Waals surface area (Å²) >= 11 is 0. The Bertz CT molecular complexity index is 1500. The van der Waals surface area contributed by atoms with Crippen molar-refractivity contribution in [3.63, 3.8) is 0 Å². The van der Waals surface area contributed by atoms with E-state index < -0.39 is 42.0 Å². The van der Waals surface area contributed by atoms with E-state index in [9.17, 15) is 19.2 Å². The lowest BCUT2D eigenvalue weighted by Crippen LogP contribution is -2.52. The lowest BCUT2D eigenvalue weighted by molar-refractivity contribution is -0.136. The molecule has 2 saturated heterocycles. The molecule has 1 aromatic carbocycles. The maximum atomic E-state index is 13.7. The van der Waals surface area contributed by atoms with Crippen molar-refractivity contribution in [1.82, 2.24) is 30.5 Å². The molecular formula is C31H43BN6O8. The summed E-state index contributed by atoms with van der Waals surface area (Å²) in [4.78, 5) is 51.4. The molecule has 2 aromatic rings. The second-order valence-corrected chi connectivity index (χ2v) is 13.9. The summed E-state index contributed by atoms with van der Waals surface area (Å²) in [5, 5.41) is 13.5. The Hall–Kier alpha value is -3.98. The number of ether oxygens (including phenoxy) is 2. The molecule has 2 fully saturated rings. The Labute approximate surface area is 269 Å². The summed E-state index contributed by atoms with van der Waals surface area (Å²) in [5.41, 5.74) is 0.520. The van der Waals surface area contributed by atoms with E-state index in [-0.39, 0.29) is 37.8 Å². The number of aromatic nitrogens is 3. The number of amides is 4. The molecule has 14 nitrogen and oxygen atoms in total. The van der Waals surface area contributed by atoms with Crippen molar-refractivity contribution in [1.29, 1.82) is 0 Å². The highest BCUT2D eigenvalue weighted by molar-refractivity contribution is 6.62. The van der Waals surface area contributed by atoms with Gasteiger partial charge in [0.15, 0.2) is 0 Å². The topological polar surface area (TPSA) is 163 Å². The summed E-state index contributed by atoms with van der Waals surface area (Å²) in [5.74, 6) is -0.695. The molecule has 4 amide bonds. The second-order valence-electron chi connectivity index (χ2n) is 13.9. The highest BCUT2D eigenvalue weighted by atomic mass is 16.7. The number of nitrogens with zero attached hydrogens (tertiary/aromatic N) is 4. The average molecular weight is 639 g/mol. The van der Waals surface area contributed by atoms with Crippen LogP contribution in [0.1, 0.15) is 95.8 Å². The molecule has 2 N–H and O–H groups in total. The van der Waals surface area contributed by atoms with Crippen LogP contribution in [0.15, 0.2) is 18.3 Å². The molecule has 1 unspecified atom stereocenters. The molecule has 0 aliphatic carbocycles. The number of aryl methyl sites for hydroxylation is 1. The lowest BCUT2D eigenvalue weighted by Gasteiger charge is -2.32. The fraction of sp³-hybridized carbons (Fsp3) is 0.613. The van der Waals surface area contributed by atoms with Crippen LogP contribution in [0.3, 0.4) is 0 Å². The number of imide groups is 1. The smallest absolute Gasteiger partial charge is 0.487 e. The van der Waals surface area contributed by atoms with Crippen molar-refractivity contribution in [2.24, 2.45) is 0 Å². The predicted molar refractivity (Wildman–Crippen MR) is 166 cm³/mol. The summed E-state index contributed by atoms with van der Waals surface area (Å²) in [6.45, 7) is 14.6. The van der Waals surface area contributed by atoms with Crippen LogP contribution in [0.2, 0.25) is 0 Å². The first-order valence-electron chi connectivity index (χ1n) is 15.7.